The van der Waals surface area contributed by atoms with E-state index in [-0.39, 0.29) is 40.9 Å². The van der Waals surface area contributed by atoms with Crippen molar-refractivity contribution in [2.45, 2.75) is 45.5 Å². The van der Waals surface area contributed by atoms with Gasteiger partial charge in [0.1, 0.15) is 24.9 Å². The number of carbonyl (C=O) groups excluding carboxylic acids is 2. The van der Waals surface area contributed by atoms with E-state index in [4.69, 9.17) is 14.2 Å². The van der Waals surface area contributed by atoms with E-state index in [2.05, 4.69) is 4.98 Å². The average Bonchev–Trinajstić information content (AvgIpc) is 3.54. The summed E-state index contributed by atoms with van der Waals surface area (Å²) >= 11 is 0. The Balaban J connectivity index is 1.46. The van der Waals surface area contributed by atoms with Gasteiger partial charge in [0.25, 0.3) is 5.69 Å². The summed E-state index contributed by atoms with van der Waals surface area (Å²) in [5, 5.41) is 21.8. The number of aromatic carboxylic acids is 1. The van der Waals surface area contributed by atoms with Crippen LogP contribution in [0.1, 0.15) is 66.0 Å². The number of aromatic nitrogens is 1. The molecule has 0 unspecified atom stereocenters. The van der Waals surface area contributed by atoms with Crippen molar-refractivity contribution in [1.29, 1.82) is 0 Å². The summed E-state index contributed by atoms with van der Waals surface area (Å²) in [4.78, 5) is 52.1. The number of benzene rings is 3. The fourth-order valence-electron chi connectivity index (χ4n) is 5.13. The van der Waals surface area contributed by atoms with Gasteiger partial charge in [0.15, 0.2) is 0 Å². The summed E-state index contributed by atoms with van der Waals surface area (Å²) in [6, 6.07) is 16.4. The number of rotatable bonds is 8. The molecule has 1 fully saturated rings. The number of fused-ring (bicyclic) bond motifs is 1. The lowest BCUT2D eigenvalue weighted by atomic mass is 10.0. The molecule has 3 aromatic carbocycles. The third-order valence-corrected chi connectivity index (χ3v) is 7.37. The minimum atomic E-state index is -1.30. The monoisotopic (exact) mass is 572 g/mol. The number of hydrogen-bond acceptors (Lipinski definition) is 8. The van der Waals surface area contributed by atoms with E-state index < -0.39 is 41.1 Å². The summed E-state index contributed by atoms with van der Waals surface area (Å²) in [6.07, 6.45) is -2.65. The van der Waals surface area contributed by atoms with Gasteiger partial charge in [-0.1, -0.05) is 35.4 Å². The van der Waals surface area contributed by atoms with Crippen LogP contribution < -0.4 is 0 Å². The van der Waals surface area contributed by atoms with E-state index in [1.807, 2.05) is 13.8 Å². The lowest BCUT2D eigenvalue weighted by Crippen LogP contribution is -2.32. The number of carboxylic acid groups (broad SMARTS) is 1. The van der Waals surface area contributed by atoms with E-state index in [1.54, 1.807) is 48.5 Å². The molecule has 0 aliphatic carbocycles. The van der Waals surface area contributed by atoms with Gasteiger partial charge < -0.3 is 24.3 Å². The molecular formula is C31H28N2O9. The molecule has 2 heterocycles. The van der Waals surface area contributed by atoms with E-state index in [0.717, 1.165) is 11.1 Å². The Morgan fingerprint density at radius 1 is 0.952 bits per heavy atom. The number of nitrogens with zero attached hydrogens (tertiary/aromatic N) is 1. The topological polar surface area (TPSA) is 158 Å². The summed E-state index contributed by atoms with van der Waals surface area (Å²) < 4.78 is 17.5. The average molecular weight is 573 g/mol. The predicted octanol–water partition coefficient (Wildman–Crippen LogP) is 5.61. The van der Waals surface area contributed by atoms with Crippen LogP contribution in [0.15, 0.2) is 60.7 Å². The molecule has 0 amide bonds. The second kappa shape index (κ2) is 11.5. The van der Waals surface area contributed by atoms with Crippen LogP contribution in [0.3, 0.4) is 0 Å². The Morgan fingerprint density at radius 3 is 2.12 bits per heavy atom. The van der Waals surface area contributed by atoms with Gasteiger partial charge in [-0.05, 0) is 51.1 Å². The minimum Gasteiger partial charge on any atom is -0.478 e. The molecule has 1 aliphatic rings. The first-order valence-electron chi connectivity index (χ1n) is 13.2. The Bertz CT molecular complexity index is 1690. The largest absolute Gasteiger partial charge is 0.478 e. The molecule has 0 spiro atoms. The third-order valence-electron chi connectivity index (χ3n) is 7.37. The van der Waals surface area contributed by atoms with E-state index in [1.165, 1.54) is 19.1 Å². The minimum absolute atomic E-state index is 0.0542. The highest BCUT2D eigenvalue weighted by molar-refractivity contribution is 6.07. The van der Waals surface area contributed by atoms with Crippen LogP contribution >= 0.6 is 0 Å². The molecule has 2 N–H and O–H groups in total. The molecule has 42 heavy (non-hydrogen) atoms. The number of nitrogens with one attached hydrogen (secondary N) is 1. The van der Waals surface area contributed by atoms with Crippen LogP contribution in [-0.4, -0.2) is 51.7 Å². The number of aromatic amines is 1. The maximum Gasteiger partial charge on any atom is 0.338 e. The quantitative estimate of drug-likeness (QED) is 0.155. The maximum absolute atomic E-state index is 13.0. The summed E-state index contributed by atoms with van der Waals surface area (Å²) in [7, 11) is 0. The normalized spacial score (nSPS) is 18.1. The van der Waals surface area contributed by atoms with Gasteiger partial charge in [-0.15, -0.1) is 0 Å². The van der Waals surface area contributed by atoms with Crippen molar-refractivity contribution in [3.8, 4) is 0 Å². The van der Waals surface area contributed by atoms with Crippen LogP contribution in [0, 0.1) is 30.9 Å². The molecule has 1 aliphatic heterocycles. The number of hydrogen-bond donors (Lipinski definition) is 2. The Kier molecular flexibility index (Phi) is 7.77. The zero-order valence-corrected chi connectivity index (χ0v) is 23.1. The molecule has 1 aromatic heterocycles. The summed E-state index contributed by atoms with van der Waals surface area (Å²) in [6.45, 7) is 5.01. The Labute approximate surface area is 240 Å². The molecule has 11 nitrogen and oxygen atoms in total. The van der Waals surface area contributed by atoms with Crippen molar-refractivity contribution in [1.82, 2.24) is 4.98 Å². The predicted molar refractivity (Wildman–Crippen MR) is 151 cm³/mol. The highest BCUT2D eigenvalue weighted by atomic mass is 16.6. The van der Waals surface area contributed by atoms with Gasteiger partial charge in [0, 0.05) is 29.0 Å². The number of H-pyrrole nitrogens is 1. The highest BCUT2D eigenvalue weighted by Gasteiger charge is 2.42. The van der Waals surface area contributed by atoms with Crippen molar-refractivity contribution in [2.24, 2.45) is 0 Å². The van der Waals surface area contributed by atoms with Crippen molar-refractivity contribution in [3.63, 3.8) is 0 Å². The standard InChI is InChI=1S/C31H28N2O9/c1-16-4-8-19(9-5-16)30(36)40-15-25-23(42-31(37)20-10-6-17(2)7-11-20)14-24(41-25)28-27(29(34)35)26-18(3)22(33(38)39)13-12-21(26)32-28/h4-13,23-25,32H,14-15H2,1-3H3,(H,34,35)/t23-,24+,25+/m0/s1. The molecule has 0 saturated carbocycles. The van der Waals surface area contributed by atoms with Crippen LogP contribution in [-0.2, 0) is 14.2 Å². The van der Waals surface area contributed by atoms with Gasteiger partial charge in [-0.3, -0.25) is 10.1 Å². The fourth-order valence-corrected chi connectivity index (χ4v) is 5.13. The summed E-state index contributed by atoms with van der Waals surface area (Å²) in [5.41, 5.74) is 2.97. The first kappa shape index (κ1) is 28.5. The second-order valence-corrected chi connectivity index (χ2v) is 10.3. The van der Waals surface area contributed by atoms with Gasteiger partial charge >= 0.3 is 17.9 Å². The fraction of sp³-hybridized carbons (Fsp3) is 0.258. The van der Waals surface area contributed by atoms with E-state index in [0.29, 0.717) is 16.6 Å². The number of carboxylic acids is 1. The SMILES string of the molecule is Cc1ccc(C(=O)OC[C@H]2O[C@@H](c3[nH]c4ccc([N+](=O)[O-])c(C)c4c3C(=O)O)C[C@@H]2OC(=O)c2ccc(C)cc2)cc1. The first-order chi connectivity index (χ1) is 20.0. The van der Waals surface area contributed by atoms with Gasteiger partial charge in [0.05, 0.1) is 27.3 Å². The van der Waals surface area contributed by atoms with Crippen LogP contribution in [0.25, 0.3) is 10.9 Å². The maximum atomic E-state index is 13.0. The molecule has 11 heteroatoms. The molecule has 4 aromatic rings. The number of carbonyl (C=O) groups is 3. The third kappa shape index (κ3) is 5.59. The van der Waals surface area contributed by atoms with Gasteiger partial charge in [0.2, 0.25) is 0 Å². The first-order valence-corrected chi connectivity index (χ1v) is 13.2. The molecule has 1 saturated heterocycles. The number of esters is 2. The van der Waals surface area contributed by atoms with E-state index >= 15 is 0 Å². The smallest absolute Gasteiger partial charge is 0.338 e. The zero-order valence-electron chi connectivity index (χ0n) is 23.1. The molecule has 0 radical (unpaired) electrons. The Morgan fingerprint density at radius 2 is 1.55 bits per heavy atom. The molecule has 3 atom stereocenters. The second-order valence-electron chi connectivity index (χ2n) is 10.3. The highest BCUT2D eigenvalue weighted by Crippen LogP contribution is 2.41. The molecule has 216 valence electrons. The number of ether oxygens (including phenoxy) is 3. The number of nitro benzene ring substituents is 1. The molecule has 5 rings (SSSR count). The zero-order chi connectivity index (χ0) is 30.1. The molecular weight excluding hydrogens is 544 g/mol. The van der Waals surface area contributed by atoms with Crippen molar-refractivity contribution >= 4 is 34.5 Å². The van der Waals surface area contributed by atoms with Gasteiger partial charge in [-0.25, -0.2) is 14.4 Å². The molecule has 0 bridgehead atoms. The van der Waals surface area contributed by atoms with Crippen LogP contribution in [0.4, 0.5) is 5.69 Å². The van der Waals surface area contributed by atoms with Crippen LogP contribution in [0.2, 0.25) is 0 Å². The van der Waals surface area contributed by atoms with Crippen molar-refractivity contribution in [3.05, 3.63) is 110 Å². The number of aryl methyl sites for hydroxylation is 3. The van der Waals surface area contributed by atoms with Crippen molar-refractivity contribution < 1.29 is 38.6 Å². The number of nitro groups is 1. The van der Waals surface area contributed by atoms with Gasteiger partial charge in [-0.2, -0.15) is 0 Å². The lowest BCUT2D eigenvalue weighted by Gasteiger charge is -2.19. The van der Waals surface area contributed by atoms with Crippen LogP contribution in [0.5, 0.6) is 0 Å². The Hall–Kier alpha value is -5.03. The lowest BCUT2D eigenvalue weighted by molar-refractivity contribution is -0.385. The van der Waals surface area contributed by atoms with Crippen molar-refractivity contribution in [2.75, 3.05) is 6.61 Å². The summed E-state index contributed by atoms with van der Waals surface area (Å²) in [5.74, 6) is -2.50. The van der Waals surface area contributed by atoms with E-state index in [9.17, 15) is 29.6 Å².